The van der Waals surface area contributed by atoms with Crippen molar-refractivity contribution >= 4 is 27.5 Å². The van der Waals surface area contributed by atoms with Crippen molar-refractivity contribution in [3.63, 3.8) is 0 Å². The highest BCUT2D eigenvalue weighted by molar-refractivity contribution is 7.92. The van der Waals surface area contributed by atoms with Crippen LogP contribution in [0.5, 0.6) is 0 Å². The number of nitrogens with zero attached hydrogens (tertiary/aromatic N) is 2. The summed E-state index contributed by atoms with van der Waals surface area (Å²) in [5.74, 6) is -0.938. The Balaban J connectivity index is 1.87. The SMILES string of the molecule is CCc1ccc(N(CCCC(=O)N(Cc2ccc(F)cc2)[C@H](Cc2ccccc2)C(=O)N[C@H](C)CC)S(C)(=O)=O)cc1. The number of rotatable bonds is 15. The van der Waals surface area contributed by atoms with E-state index in [1.54, 1.807) is 29.2 Å². The van der Waals surface area contributed by atoms with Crippen molar-refractivity contribution in [3.8, 4) is 0 Å². The summed E-state index contributed by atoms with van der Waals surface area (Å²) in [6.07, 6.45) is 3.31. The van der Waals surface area contributed by atoms with Gasteiger partial charge in [0.15, 0.2) is 0 Å². The molecule has 0 saturated heterocycles. The highest BCUT2D eigenvalue weighted by Crippen LogP contribution is 2.21. The minimum atomic E-state index is -3.59. The molecule has 3 rings (SSSR count). The topological polar surface area (TPSA) is 86.8 Å². The van der Waals surface area contributed by atoms with E-state index in [2.05, 4.69) is 5.32 Å². The average Bonchev–Trinajstić information content (AvgIpc) is 2.97. The van der Waals surface area contributed by atoms with E-state index in [0.717, 1.165) is 30.2 Å². The van der Waals surface area contributed by atoms with E-state index < -0.39 is 16.1 Å². The summed E-state index contributed by atoms with van der Waals surface area (Å²) < 4.78 is 40.3. The molecule has 0 saturated carbocycles. The maximum Gasteiger partial charge on any atom is 0.243 e. The first kappa shape index (κ1) is 32.8. The van der Waals surface area contributed by atoms with Crippen LogP contribution in [0.1, 0.15) is 56.7 Å². The third-order valence-corrected chi connectivity index (χ3v) is 8.52. The number of benzene rings is 3. The molecule has 0 bridgehead atoms. The first-order valence-electron chi connectivity index (χ1n) is 14.5. The fourth-order valence-corrected chi connectivity index (χ4v) is 5.65. The summed E-state index contributed by atoms with van der Waals surface area (Å²) in [6.45, 7) is 6.14. The molecular formula is C33H42FN3O4S. The Hall–Kier alpha value is -3.72. The number of sulfonamides is 1. The van der Waals surface area contributed by atoms with Crippen LogP contribution in [0.15, 0.2) is 78.9 Å². The maximum absolute atomic E-state index is 13.9. The van der Waals surface area contributed by atoms with Crippen LogP contribution in [0.3, 0.4) is 0 Å². The van der Waals surface area contributed by atoms with Crippen LogP contribution in [0, 0.1) is 5.82 Å². The summed E-state index contributed by atoms with van der Waals surface area (Å²) >= 11 is 0. The lowest BCUT2D eigenvalue weighted by molar-refractivity contribution is -0.141. The van der Waals surface area contributed by atoms with Crippen molar-refractivity contribution in [1.82, 2.24) is 10.2 Å². The Kier molecular flexibility index (Phi) is 12.1. The molecule has 9 heteroatoms. The molecule has 0 unspecified atom stereocenters. The standard InChI is InChI=1S/C33H42FN3O4S/c1-5-25(3)35-33(39)31(23-27-11-8-7-9-12-27)36(24-28-14-18-29(34)19-15-28)32(38)13-10-22-37(42(4,40)41)30-20-16-26(6-2)17-21-30/h7-9,11-12,14-21,25,31H,5-6,10,13,22-24H2,1-4H3,(H,35,39)/t25-,31-/m1/s1. The average molecular weight is 596 g/mol. The van der Waals surface area contributed by atoms with Gasteiger partial charge in [-0.05, 0) is 67.1 Å². The van der Waals surface area contributed by atoms with Crippen molar-refractivity contribution in [1.29, 1.82) is 0 Å². The molecule has 2 atom stereocenters. The second-order valence-electron chi connectivity index (χ2n) is 10.6. The number of aryl methyl sites for hydroxylation is 1. The largest absolute Gasteiger partial charge is 0.352 e. The van der Waals surface area contributed by atoms with Gasteiger partial charge in [-0.1, -0.05) is 68.4 Å². The summed E-state index contributed by atoms with van der Waals surface area (Å²) in [5.41, 5.74) is 3.23. The predicted octanol–water partition coefficient (Wildman–Crippen LogP) is 5.49. The molecule has 2 amide bonds. The Morgan fingerprint density at radius 3 is 2.07 bits per heavy atom. The van der Waals surface area contributed by atoms with E-state index in [1.807, 2.05) is 63.2 Å². The molecule has 0 heterocycles. The van der Waals surface area contributed by atoms with Crippen LogP contribution in [-0.2, 0) is 39.0 Å². The van der Waals surface area contributed by atoms with Crippen LogP contribution in [0.25, 0.3) is 0 Å². The fourth-order valence-electron chi connectivity index (χ4n) is 4.68. The minimum absolute atomic E-state index is 0.0299. The number of anilines is 1. The van der Waals surface area contributed by atoms with Crippen molar-refractivity contribution in [2.24, 2.45) is 0 Å². The first-order valence-corrected chi connectivity index (χ1v) is 16.3. The number of carbonyl (C=O) groups excluding carboxylic acids is 2. The molecule has 0 aliphatic heterocycles. The number of hydrogen-bond acceptors (Lipinski definition) is 4. The molecule has 42 heavy (non-hydrogen) atoms. The Morgan fingerprint density at radius 2 is 1.50 bits per heavy atom. The van der Waals surface area contributed by atoms with Gasteiger partial charge in [-0.3, -0.25) is 13.9 Å². The molecule has 3 aromatic rings. The molecule has 0 fully saturated rings. The van der Waals surface area contributed by atoms with Crippen molar-refractivity contribution in [2.45, 2.75) is 71.5 Å². The molecule has 226 valence electrons. The summed E-state index contributed by atoms with van der Waals surface area (Å²) in [5, 5.41) is 3.02. The third kappa shape index (κ3) is 9.69. The van der Waals surface area contributed by atoms with Gasteiger partial charge in [0.1, 0.15) is 11.9 Å². The van der Waals surface area contributed by atoms with E-state index in [4.69, 9.17) is 0 Å². The zero-order valence-electron chi connectivity index (χ0n) is 24.9. The zero-order valence-corrected chi connectivity index (χ0v) is 25.7. The van der Waals surface area contributed by atoms with E-state index in [-0.39, 0.29) is 49.6 Å². The van der Waals surface area contributed by atoms with Gasteiger partial charge < -0.3 is 10.2 Å². The lowest BCUT2D eigenvalue weighted by Gasteiger charge is -2.32. The number of carbonyl (C=O) groups is 2. The van der Waals surface area contributed by atoms with Gasteiger partial charge in [-0.15, -0.1) is 0 Å². The molecule has 7 nitrogen and oxygen atoms in total. The van der Waals surface area contributed by atoms with Gasteiger partial charge in [0.05, 0.1) is 11.9 Å². The van der Waals surface area contributed by atoms with Gasteiger partial charge in [-0.25, -0.2) is 12.8 Å². The van der Waals surface area contributed by atoms with E-state index in [9.17, 15) is 22.4 Å². The van der Waals surface area contributed by atoms with Gasteiger partial charge >= 0.3 is 0 Å². The lowest BCUT2D eigenvalue weighted by Crippen LogP contribution is -2.52. The molecule has 3 aromatic carbocycles. The van der Waals surface area contributed by atoms with Crippen LogP contribution in [0.4, 0.5) is 10.1 Å². The molecule has 0 aliphatic rings. The van der Waals surface area contributed by atoms with E-state index in [0.29, 0.717) is 17.7 Å². The zero-order chi connectivity index (χ0) is 30.7. The molecule has 0 spiro atoms. The fraction of sp³-hybridized carbons (Fsp3) is 0.394. The van der Waals surface area contributed by atoms with Crippen molar-refractivity contribution in [3.05, 3.63) is 101 Å². The van der Waals surface area contributed by atoms with Crippen LogP contribution in [-0.4, -0.2) is 50.0 Å². The quantitative estimate of drug-likeness (QED) is 0.252. The lowest BCUT2D eigenvalue weighted by atomic mass is 10.0. The van der Waals surface area contributed by atoms with Crippen molar-refractivity contribution in [2.75, 3.05) is 17.1 Å². The van der Waals surface area contributed by atoms with Crippen LogP contribution >= 0.6 is 0 Å². The summed E-state index contributed by atoms with van der Waals surface area (Å²) in [6, 6.07) is 21.8. The van der Waals surface area contributed by atoms with Gasteiger partial charge in [0.2, 0.25) is 21.8 Å². The second-order valence-corrected chi connectivity index (χ2v) is 12.5. The molecule has 0 radical (unpaired) electrons. The summed E-state index contributed by atoms with van der Waals surface area (Å²) in [4.78, 5) is 29.0. The predicted molar refractivity (Wildman–Crippen MR) is 166 cm³/mol. The third-order valence-electron chi connectivity index (χ3n) is 7.32. The molecule has 0 aromatic heterocycles. The minimum Gasteiger partial charge on any atom is -0.352 e. The second kappa shape index (κ2) is 15.5. The van der Waals surface area contributed by atoms with Gasteiger partial charge in [0.25, 0.3) is 0 Å². The van der Waals surface area contributed by atoms with Gasteiger partial charge in [0, 0.05) is 32.0 Å². The first-order chi connectivity index (χ1) is 20.0. The molecule has 1 N–H and O–H groups in total. The number of amides is 2. The van der Waals surface area contributed by atoms with E-state index in [1.165, 1.54) is 16.4 Å². The van der Waals surface area contributed by atoms with Crippen molar-refractivity contribution < 1.29 is 22.4 Å². The number of halogens is 1. The van der Waals surface area contributed by atoms with Crippen LogP contribution in [0.2, 0.25) is 0 Å². The highest BCUT2D eigenvalue weighted by atomic mass is 32.2. The smallest absolute Gasteiger partial charge is 0.243 e. The monoisotopic (exact) mass is 595 g/mol. The van der Waals surface area contributed by atoms with E-state index >= 15 is 0 Å². The molecule has 0 aliphatic carbocycles. The Bertz CT molecular complexity index is 1400. The Labute approximate surface area is 249 Å². The van der Waals surface area contributed by atoms with Gasteiger partial charge in [-0.2, -0.15) is 0 Å². The number of nitrogens with one attached hydrogen (secondary N) is 1. The molecular weight excluding hydrogens is 553 g/mol. The maximum atomic E-state index is 13.9. The Morgan fingerprint density at radius 1 is 0.881 bits per heavy atom. The van der Waals surface area contributed by atoms with Crippen LogP contribution < -0.4 is 9.62 Å². The normalized spacial score (nSPS) is 12.8. The highest BCUT2D eigenvalue weighted by Gasteiger charge is 2.31. The number of hydrogen-bond donors (Lipinski definition) is 1. The summed E-state index contributed by atoms with van der Waals surface area (Å²) in [7, 11) is -3.59.